The second kappa shape index (κ2) is 5.97. The summed E-state index contributed by atoms with van der Waals surface area (Å²) in [6, 6.07) is 3.38. The number of methoxy groups -OCH3 is 1. The lowest BCUT2D eigenvalue weighted by molar-refractivity contribution is 0.0598. The van der Waals surface area contributed by atoms with E-state index in [1.807, 2.05) is 33.9 Å². The van der Waals surface area contributed by atoms with E-state index in [0.717, 1.165) is 5.56 Å². The average molecular weight is 300 g/mol. The number of benzene rings is 1. The highest BCUT2D eigenvalue weighted by Gasteiger charge is 2.28. The molecule has 1 aromatic rings. The topological polar surface area (TPSA) is 35.5 Å². The van der Waals surface area contributed by atoms with Crippen molar-refractivity contribution in [2.24, 2.45) is 0 Å². The van der Waals surface area contributed by atoms with Crippen LogP contribution in [0.25, 0.3) is 0 Å². The fourth-order valence-corrected chi connectivity index (χ4v) is 2.89. The largest absolute Gasteiger partial charge is 0.542 e. The Hall–Kier alpha value is -1.00. The molecule has 0 spiro atoms. The Bertz CT molecular complexity index is 478. The maximum atomic E-state index is 11.9. The third-order valence-corrected chi connectivity index (χ3v) is 3.50. The van der Waals surface area contributed by atoms with E-state index in [2.05, 4.69) is 0 Å². The third kappa shape index (κ3) is 3.73. The molecule has 0 aliphatic rings. The Morgan fingerprint density at radius 1 is 1.26 bits per heavy atom. The van der Waals surface area contributed by atoms with Gasteiger partial charge in [0.25, 0.3) is 9.04 Å². The van der Waals surface area contributed by atoms with Gasteiger partial charge in [0.05, 0.1) is 7.11 Å². The monoisotopic (exact) mass is 299 g/mol. The predicted molar refractivity (Wildman–Crippen MR) is 79.6 cm³/mol. The number of halogens is 1. The van der Waals surface area contributed by atoms with Crippen molar-refractivity contribution in [1.82, 2.24) is 0 Å². The molecule has 0 aromatic heterocycles. The molecule has 3 nitrogen and oxygen atoms in total. The summed E-state index contributed by atoms with van der Waals surface area (Å²) in [5.74, 6) is 0.158. The first-order valence-electron chi connectivity index (χ1n) is 6.07. The molecule has 0 heterocycles. The Morgan fingerprint density at radius 2 is 1.84 bits per heavy atom. The van der Waals surface area contributed by atoms with Crippen molar-refractivity contribution in [2.75, 3.05) is 7.11 Å². The van der Waals surface area contributed by atoms with Crippen LogP contribution in [0.1, 0.15) is 36.7 Å². The van der Waals surface area contributed by atoms with Crippen molar-refractivity contribution in [3.05, 3.63) is 28.3 Å². The van der Waals surface area contributed by atoms with Gasteiger partial charge in [0.15, 0.2) is 0 Å². The second-order valence-electron chi connectivity index (χ2n) is 5.55. The first kappa shape index (κ1) is 16.1. The van der Waals surface area contributed by atoms with Crippen LogP contribution in [-0.2, 0) is 10.2 Å². The van der Waals surface area contributed by atoms with Gasteiger partial charge in [-0.05, 0) is 30.6 Å². The Kier molecular flexibility index (Phi) is 5.04. The first-order valence-corrected chi connectivity index (χ1v) is 8.86. The van der Waals surface area contributed by atoms with E-state index in [-0.39, 0.29) is 5.41 Å². The van der Waals surface area contributed by atoms with Crippen LogP contribution in [-0.4, -0.2) is 22.1 Å². The molecule has 105 valence electrons. The molecule has 0 unspecified atom stereocenters. The van der Waals surface area contributed by atoms with Gasteiger partial charge < -0.3 is 9.16 Å². The number of hydrogen-bond acceptors (Lipinski definition) is 3. The molecule has 0 amide bonds. The molecule has 0 bridgehead atoms. The Labute approximate surface area is 121 Å². The SMILES string of the molecule is COC(=O)c1ccc(Cl)c(C(C)(C)C)c1O[Si](C)C. The summed E-state index contributed by atoms with van der Waals surface area (Å²) < 4.78 is 10.7. The predicted octanol–water partition coefficient (Wildman–Crippen LogP) is 4.05. The fourth-order valence-electron chi connectivity index (χ4n) is 1.84. The fraction of sp³-hybridized carbons (Fsp3) is 0.500. The standard InChI is InChI=1S/C14H20ClO3Si/c1-14(2,3)11-10(15)8-7-9(13(16)17-4)12(11)18-19(5)6/h7-8H,1-6H3. The van der Waals surface area contributed by atoms with E-state index in [0.29, 0.717) is 16.3 Å². The maximum Gasteiger partial charge on any atom is 0.341 e. The van der Waals surface area contributed by atoms with Gasteiger partial charge in [-0.25, -0.2) is 4.79 Å². The van der Waals surface area contributed by atoms with E-state index < -0.39 is 15.0 Å². The van der Waals surface area contributed by atoms with Crippen molar-refractivity contribution >= 4 is 26.6 Å². The first-order chi connectivity index (χ1) is 8.68. The third-order valence-electron chi connectivity index (χ3n) is 2.57. The normalized spacial score (nSPS) is 11.6. The van der Waals surface area contributed by atoms with Gasteiger partial charge in [-0.1, -0.05) is 32.4 Å². The Balaban J connectivity index is 3.55. The molecule has 0 aliphatic carbocycles. The number of rotatable bonds is 3. The molecule has 0 saturated heterocycles. The van der Waals surface area contributed by atoms with E-state index in [4.69, 9.17) is 20.8 Å². The average Bonchev–Trinajstić information content (AvgIpc) is 2.25. The van der Waals surface area contributed by atoms with Crippen LogP contribution in [0.3, 0.4) is 0 Å². The highest BCUT2D eigenvalue weighted by atomic mass is 35.5. The minimum Gasteiger partial charge on any atom is -0.542 e. The van der Waals surface area contributed by atoms with Crippen molar-refractivity contribution in [1.29, 1.82) is 0 Å². The molecule has 0 fully saturated rings. The number of hydrogen-bond donors (Lipinski definition) is 0. The lowest BCUT2D eigenvalue weighted by Gasteiger charge is -2.26. The summed E-state index contributed by atoms with van der Waals surface area (Å²) >= 11 is 6.30. The van der Waals surface area contributed by atoms with Gasteiger partial charge in [-0.15, -0.1) is 0 Å². The van der Waals surface area contributed by atoms with Crippen LogP contribution < -0.4 is 4.43 Å². The number of carbonyl (C=O) groups excluding carboxylic acids is 1. The van der Waals surface area contributed by atoms with Crippen LogP contribution in [0.2, 0.25) is 18.1 Å². The minimum absolute atomic E-state index is 0.215. The van der Waals surface area contributed by atoms with Crippen molar-refractivity contribution in [3.8, 4) is 5.75 Å². The smallest absolute Gasteiger partial charge is 0.341 e. The number of carbonyl (C=O) groups is 1. The van der Waals surface area contributed by atoms with Crippen LogP contribution in [0, 0.1) is 0 Å². The van der Waals surface area contributed by atoms with Crippen molar-refractivity contribution in [2.45, 2.75) is 39.3 Å². The van der Waals surface area contributed by atoms with Gasteiger partial charge in [0, 0.05) is 10.6 Å². The maximum absolute atomic E-state index is 11.9. The molecular formula is C14H20ClO3Si. The molecule has 0 aliphatic heterocycles. The van der Waals surface area contributed by atoms with Gasteiger partial charge >= 0.3 is 5.97 Å². The van der Waals surface area contributed by atoms with Crippen LogP contribution in [0.5, 0.6) is 5.75 Å². The second-order valence-corrected chi connectivity index (χ2v) is 7.98. The number of ether oxygens (including phenoxy) is 1. The molecule has 0 N–H and O–H groups in total. The van der Waals surface area contributed by atoms with E-state index in [1.165, 1.54) is 7.11 Å². The van der Waals surface area contributed by atoms with Crippen LogP contribution in [0.4, 0.5) is 0 Å². The molecule has 1 rings (SSSR count). The lowest BCUT2D eigenvalue weighted by Crippen LogP contribution is -2.21. The van der Waals surface area contributed by atoms with Crippen molar-refractivity contribution in [3.63, 3.8) is 0 Å². The zero-order valence-corrected chi connectivity index (χ0v) is 14.0. The molecule has 19 heavy (non-hydrogen) atoms. The summed E-state index contributed by atoms with van der Waals surface area (Å²) in [7, 11) is 0.348. The zero-order chi connectivity index (χ0) is 14.8. The van der Waals surface area contributed by atoms with Gasteiger partial charge in [0.2, 0.25) is 0 Å². The van der Waals surface area contributed by atoms with E-state index in [1.54, 1.807) is 12.1 Å². The summed E-state index contributed by atoms with van der Waals surface area (Å²) in [5.41, 5.74) is 1.07. The molecular weight excluding hydrogens is 280 g/mol. The molecule has 5 heteroatoms. The molecule has 1 radical (unpaired) electrons. The van der Waals surface area contributed by atoms with Crippen LogP contribution in [0.15, 0.2) is 12.1 Å². The van der Waals surface area contributed by atoms with Gasteiger partial charge in [-0.2, -0.15) is 0 Å². The lowest BCUT2D eigenvalue weighted by atomic mass is 9.85. The highest BCUT2D eigenvalue weighted by Crippen LogP contribution is 2.40. The van der Waals surface area contributed by atoms with E-state index >= 15 is 0 Å². The summed E-state index contributed by atoms with van der Waals surface area (Å²) in [5, 5.41) is 0.610. The Morgan fingerprint density at radius 3 is 2.26 bits per heavy atom. The number of esters is 1. The zero-order valence-electron chi connectivity index (χ0n) is 12.3. The summed E-state index contributed by atoms with van der Waals surface area (Å²) in [6.45, 7) is 10.2. The minimum atomic E-state index is -1.01. The quantitative estimate of drug-likeness (QED) is 0.624. The van der Waals surface area contributed by atoms with E-state index in [9.17, 15) is 4.79 Å². The van der Waals surface area contributed by atoms with Gasteiger partial charge in [0.1, 0.15) is 11.3 Å². The van der Waals surface area contributed by atoms with Gasteiger partial charge in [-0.3, -0.25) is 0 Å². The molecule has 0 saturated carbocycles. The van der Waals surface area contributed by atoms with Crippen LogP contribution >= 0.6 is 11.6 Å². The molecule has 1 aromatic carbocycles. The highest BCUT2D eigenvalue weighted by molar-refractivity contribution is 6.49. The summed E-state index contributed by atoms with van der Waals surface area (Å²) in [4.78, 5) is 11.9. The van der Waals surface area contributed by atoms with Crippen molar-refractivity contribution < 1.29 is 14.0 Å². The molecule has 0 atom stereocenters. The summed E-state index contributed by atoms with van der Waals surface area (Å²) in [6.07, 6.45) is 0.